The summed E-state index contributed by atoms with van der Waals surface area (Å²) in [6.07, 6.45) is -3.51. The van der Waals surface area contributed by atoms with Gasteiger partial charge in [-0.2, -0.15) is 13.2 Å². The fraction of sp³-hybridized carbons (Fsp3) is 0.500. The molecule has 104 valence electrons. The largest absolute Gasteiger partial charge is 0.389 e. The number of halogens is 3. The van der Waals surface area contributed by atoms with Crippen molar-refractivity contribution >= 4 is 11.5 Å². The van der Waals surface area contributed by atoms with Crippen LogP contribution in [0.2, 0.25) is 0 Å². The molecular formula is C14H16F3NO. The van der Waals surface area contributed by atoms with Gasteiger partial charge in [0.1, 0.15) is 0 Å². The van der Waals surface area contributed by atoms with Gasteiger partial charge in [0, 0.05) is 30.6 Å². The van der Waals surface area contributed by atoms with Crippen LogP contribution in [0.25, 0.3) is 0 Å². The van der Waals surface area contributed by atoms with E-state index < -0.39 is 12.6 Å². The van der Waals surface area contributed by atoms with Crippen LogP contribution in [0, 0.1) is 0 Å². The molecule has 0 spiro atoms. The summed E-state index contributed by atoms with van der Waals surface area (Å²) < 4.78 is 36.2. The maximum atomic E-state index is 12.1. The van der Waals surface area contributed by atoms with Gasteiger partial charge in [0.15, 0.2) is 5.78 Å². The summed E-state index contributed by atoms with van der Waals surface area (Å²) in [5.41, 5.74) is 2.46. The number of fused-ring (bicyclic) bond motifs is 1. The Hall–Kier alpha value is -1.52. The molecule has 1 aliphatic rings. The smallest absolute Gasteiger partial charge is 0.385 e. The molecule has 0 radical (unpaired) electrons. The van der Waals surface area contributed by atoms with Crippen LogP contribution in [0.4, 0.5) is 18.9 Å². The van der Waals surface area contributed by atoms with E-state index in [2.05, 4.69) is 5.32 Å². The van der Waals surface area contributed by atoms with Crippen molar-refractivity contribution in [2.75, 3.05) is 11.9 Å². The van der Waals surface area contributed by atoms with E-state index >= 15 is 0 Å². The number of carbonyl (C=O) groups excluding carboxylic acids is 1. The average Bonchev–Trinajstić information content (AvgIpc) is 2.36. The molecule has 19 heavy (non-hydrogen) atoms. The van der Waals surface area contributed by atoms with Crippen LogP contribution in [0.15, 0.2) is 18.2 Å². The number of Topliss-reactive ketones (excluding diaryl/α,β-unsaturated/α-hetero) is 1. The SMILES string of the molecule is O=C(CCCC(F)(F)F)c1cccc2c1CCCN2. The number of benzene rings is 1. The van der Waals surface area contributed by atoms with E-state index in [9.17, 15) is 18.0 Å². The van der Waals surface area contributed by atoms with E-state index in [1.165, 1.54) is 0 Å². The molecule has 1 N–H and O–H groups in total. The second-order valence-corrected chi connectivity index (χ2v) is 4.75. The van der Waals surface area contributed by atoms with Gasteiger partial charge in [-0.1, -0.05) is 12.1 Å². The summed E-state index contributed by atoms with van der Waals surface area (Å²) in [5, 5.41) is 3.21. The molecule has 0 aromatic heterocycles. The first kappa shape index (κ1) is 13.9. The van der Waals surface area contributed by atoms with Gasteiger partial charge in [-0.05, 0) is 30.9 Å². The van der Waals surface area contributed by atoms with Crippen molar-refractivity contribution < 1.29 is 18.0 Å². The van der Waals surface area contributed by atoms with Crippen molar-refractivity contribution in [3.63, 3.8) is 0 Å². The lowest BCUT2D eigenvalue weighted by Gasteiger charge is -2.20. The Balaban J connectivity index is 2.03. The zero-order valence-corrected chi connectivity index (χ0v) is 10.5. The fourth-order valence-corrected chi connectivity index (χ4v) is 2.36. The minimum atomic E-state index is -4.18. The minimum absolute atomic E-state index is 0.0457. The molecule has 2 nitrogen and oxygen atoms in total. The number of carbonyl (C=O) groups is 1. The van der Waals surface area contributed by atoms with Gasteiger partial charge in [0.2, 0.25) is 0 Å². The number of alkyl halides is 3. The van der Waals surface area contributed by atoms with Crippen molar-refractivity contribution in [2.24, 2.45) is 0 Å². The lowest BCUT2D eigenvalue weighted by Crippen LogP contribution is -2.16. The van der Waals surface area contributed by atoms with Crippen molar-refractivity contribution in [1.82, 2.24) is 0 Å². The van der Waals surface area contributed by atoms with Gasteiger partial charge in [-0.3, -0.25) is 4.79 Å². The third-order valence-corrected chi connectivity index (χ3v) is 3.26. The second-order valence-electron chi connectivity index (χ2n) is 4.75. The number of rotatable bonds is 4. The molecule has 0 atom stereocenters. The fourth-order valence-electron chi connectivity index (χ4n) is 2.36. The van der Waals surface area contributed by atoms with Crippen LogP contribution in [-0.2, 0) is 6.42 Å². The number of hydrogen-bond acceptors (Lipinski definition) is 2. The van der Waals surface area contributed by atoms with Gasteiger partial charge in [-0.25, -0.2) is 0 Å². The summed E-state index contributed by atoms with van der Waals surface area (Å²) in [6.45, 7) is 0.874. The van der Waals surface area contributed by atoms with E-state index in [0.717, 1.165) is 30.6 Å². The van der Waals surface area contributed by atoms with Crippen LogP contribution >= 0.6 is 0 Å². The van der Waals surface area contributed by atoms with E-state index in [0.29, 0.717) is 5.56 Å². The molecular weight excluding hydrogens is 255 g/mol. The maximum absolute atomic E-state index is 12.1. The van der Waals surface area contributed by atoms with Gasteiger partial charge in [-0.15, -0.1) is 0 Å². The highest BCUT2D eigenvalue weighted by atomic mass is 19.4. The Labute approximate surface area is 110 Å². The standard InChI is InChI=1S/C14H16F3NO/c15-14(16,17)8-2-7-13(19)11-4-1-6-12-10(11)5-3-9-18-12/h1,4,6,18H,2-3,5,7-9H2. The van der Waals surface area contributed by atoms with Crippen LogP contribution in [0.3, 0.4) is 0 Å². The topological polar surface area (TPSA) is 29.1 Å². The van der Waals surface area contributed by atoms with Gasteiger partial charge >= 0.3 is 6.18 Å². The average molecular weight is 271 g/mol. The highest BCUT2D eigenvalue weighted by Crippen LogP contribution is 2.27. The molecule has 0 bridgehead atoms. The Bertz CT molecular complexity index is 468. The molecule has 1 heterocycles. The Kier molecular flexibility index (Phi) is 4.12. The Morgan fingerprint density at radius 3 is 2.84 bits per heavy atom. The lowest BCUT2D eigenvalue weighted by atomic mass is 9.93. The Morgan fingerprint density at radius 2 is 2.11 bits per heavy atom. The van der Waals surface area contributed by atoms with Crippen LogP contribution < -0.4 is 5.32 Å². The van der Waals surface area contributed by atoms with Crippen LogP contribution in [-0.4, -0.2) is 18.5 Å². The molecule has 0 amide bonds. The predicted octanol–water partition coefficient (Wildman–Crippen LogP) is 3.96. The van der Waals surface area contributed by atoms with Crippen molar-refractivity contribution in [2.45, 2.75) is 38.3 Å². The zero-order chi connectivity index (χ0) is 13.9. The maximum Gasteiger partial charge on any atom is 0.389 e. The number of anilines is 1. The zero-order valence-electron chi connectivity index (χ0n) is 10.5. The molecule has 5 heteroatoms. The lowest BCUT2D eigenvalue weighted by molar-refractivity contribution is -0.135. The highest BCUT2D eigenvalue weighted by Gasteiger charge is 2.27. The normalized spacial score (nSPS) is 14.7. The third kappa shape index (κ3) is 3.72. The summed E-state index contributed by atoms with van der Waals surface area (Å²) in [6, 6.07) is 5.39. The van der Waals surface area contributed by atoms with Crippen molar-refractivity contribution in [1.29, 1.82) is 0 Å². The molecule has 0 aliphatic carbocycles. The van der Waals surface area contributed by atoms with Crippen LogP contribution in [0.1, 0.15) is 41.6 Å². The molecule has 0 saturated carbocycles. The molecule has 0 fully saturated rings. The molecule has 0 saturated heterocycles. The van der Waals surface area contributed by atoms with E-state index in [1.54, 1.807) is 12.1 Å². The van der Waals surface area contributed by atoms with Gasteiger partial charge < -0.3 is 5.32 Å². The van der Waals surface area contributed by atoms with E-state index in [1.807, 2.05) is 6.07 Å². The first-order chi connectivity index (χ1) is 8.97. The third-order valence-electron chi connectivity index (χ3n) is 3.26. The molecule has 1 aromatic rings. The second kappa shape index (κ2) is 5.63. The molecule has 1 aromatic carbocycles. The Morgan fingerprint density at radius 1 is 1.32 bits per heavy atom. The number of nitrogens with one attached hydrogen (secondary N) is 1. The summed E-state index contributed by atoms with van der Waals surface area (Å²) in [5.74, 6) is -0.190. The van der Waals surface area contributed by atoms with Crippen molar-refractivity contribution in [3.8, 4) is 0 Å². The first-order valence-corrected chi connectivity index (χ1v) is 6.43. The molecule has 1 aliphatic heterocycles. The minimum Gasteiger partial charge on any atom is -0.385 e. The van der Waals surface area contributed by atoms with E-state index in [4.69, 9.17) is 0 Å². The number of ketones is 1. The monoisotopic (exact) mass is 271 g/mol. The molecule has 0 unspecified atom stereocenters. The van der Waals surface area contributed by atoms with Gasteiger partial charge in [0.05, 0.1) is 0 Å². The van der Waals surface area contributed by atoms with E-state index in [-0.39, 0.29) is 18.6 Å². The first-order valence-electron chi connectivity index (χ1n) is 6.43. The predicted molar refractivity (Wildman–Crippen MR) is 67.5 cm³/mol. The van der Waals surface area contributed by atoms with Crippen LogP contribution in [0.5, 0.6) is 0 Å². The van der Waals surface area contributed by atoms with Crippen molar-refractivity contribution in [3.05, 3.63) is 29.3 Å². The molecule has 2 rings (SSSR count). The summed E-state index contributed by atoms with van der Waals surface area (Å²) in [4.78, 5) is 12.0. The summed E-state index contributed by atoms with van der Waals surface area (Å²) >= 11 is 0. The highest BCUT2D eigenvalue weighted by molar-refractivity contribution is 5.98. The van der Waals surface area contributed by atoms with Gasteiger partial charge in [0.25, 0.3) is 0 Å². The summed E-state index contributed by atoms with van der Waals surface area (Å²) in [7, 11) is 0. The number of hydrogen-bond donors (Lipinski definition) is 1. The quantitative estimate of drug-likeness (QED) is 0.840.